The van der Waals surface area contributed by atoms with Crippen molar-refractivity contribution >= 4 is 23.4 Å². The van der Waals surface area contributed by atoms with Crippen molar-refractivity contribution in [1.29, 1.82) is 0 Å². The van der Waals surface area contributed by atoms with E-state index in [1.165, 1.54) is 6.20 Å². The Morgan fingerprint density at radius 3 is 3.06 bits per heavy atom. The maximum atomic E-state index is 11.0. The van der Waals surface area contributed by atoms with Crippen LogP contribution >= 0.6 is 11.6 Å². The number of carboxylic acid groups (broad SMARTS) is 1. The van der Waals surface area contributed by atoms with Crippen LogP contribution in [0.2, 0.25) is 5.15 Å². The van der Waals surface area contributed by atoms with Crippen LogP contribution < -0.4 is 5.32 Å². The molecule has 17 heavy (non-hydrogen) atoms. The van der Waals surface area contributed by atoms with E-state index in [-0.39, 0.29) is 11.8 Å². The number of hydrogen-bond acceptors (Lipinski definition) is 4. The molecule has 2 rings (SSSR count). The molecule has 1 aliphatic rings. The van der Waals surface area contributed by atoms with Crippen molar-refractivity contribution in [2.24, 2.45) is 11.8 Å². The minimum Gasteiger partial charge on any atom is -0.481 e. The van der Waals surface area contributed by atoms with Gasteiger partial charge in [0, 0.05) is 6.54 Å². The lowest BCUT2D eigenvalue weighted by Gasteiger charge is -2.16. The predicted molar refractivity (Wildman–Crippen MR) is 64.0 cm³/mol. The Hall–Kier alpha value is -1.36. The highest BCUT2D eigenvalue weighted by molar-refractivity contribution is 6.29. The fourth-order valence-electron chi connectivity index (χ4n) is 2.27. The summed E-state index contributed by atoms with van der Waals surface area (Å²) in [5.74, 6) is -0.192. The van der Waals surface area contributed by atoms with Gasteiger partial charge in [0.25, 0.3) is 0 Å². The van der Waals surface area contributed by atoms with Crippen molar-refractivity contribution < 1.29 is 9.90 Å². The zero-order valence-corrected chi connectivity index (χ0v) is 10.0. The molecule has 1 heterocycles. The lowest BCUT2D eigenvalue weighted by molar-refractivity contribution is -0.142. The third kappa shape index (κ3) is 3.06. The summed E-state index contributed by atoms with van der Waals surface area (Å²) < 4.78 is 0. The van der Waals surface area contributed by atoms with E-state index >= 15 is 0 Å². The molecule has 2 unspecified atom stereocenters. The number of carboxylic acids is 1. The van der Waals surface area contributed by atoms with E-state index in [2.05, 4.69) is 15.3 Å². The van der Waals surface area contributed by atoms with Crippen molar-refractivity contribution in [1.82, 2.24) is 9.97 Å². The summed E-state index contributed by atoms with van der Waals surface area (Å²) >= 11 is 5.71. The Kier molecular flexibility index (Phi) is 3.78. The summed E-state index contributed by atoms with van der Waals surface area (Å²) in [7, 11) is 0. The normalized spacial score (nSPS) is 23.6. The van der Waals surface area contributed by atoms with Crippen LogP contribution in [-0.2, 0) is 4.79 Å². The molecule has 0 amide bonds. The van der Waals surface area contributed by atoms with Crippen molar-refractivity contribution in [3.05, 3.63) is 17.5 Å². The van der Waals surface area contributed by atoms with Crippen LogP contribution in [0.25, 0.3) is 0 Å². The summed E-state index contributed by atoms with van der Waals surface area (Å²) in [6.45, 7) is 0.603. The molecular formula is C11H14ClN3O2. The molecule has 1 aromatic rings. The van der Waals surface area contributed by atoms with E-state index < -0.39 is 5.97 Å². The quantitative estimate of drug-likeness (QED) is 0.861. The lowest BCUT2D eigenvalue weighted by Crippen LogP contribution is -2.24. The second-order valence-electron chi connectivity index (χ2n) is 4.24. The van der Waals surface area contributed by atoms with Gasteiger partial charge in [0.1, 0.15) is 11.0 Å². The number of anilines is 1. The molecule has 0 radical (unpaired) electrons. The second-order valence-corrected chi connectivity index (χ2v) is 4.63. The van der Waals surface area contributed by atoms with Crippen molar-refractivity contribution in [2.75, 3.05) is 11.9 Å². The van der Waals surface area contributed by atoms with Gasteiger partial charge in [-0.15, -0.1) is 0 Å². The summed E-state index contributed by atoms with van der Waals surface area (Å²) in [6.07, 6.45) is 5.73. The molecule has 5 nitrogen and oxygen atoms in total. The van der Waals surface area contributed by atoms with Crippen LogP contribution in [0.4, 0.5) is 5.82 Å². The highest BCUT2D eigenvalue weighted by atomic mass is 35.5. The Balaban J connectivity index is 1.91. The predicted octanol–water partition coefficient (Wildman–Crippen LogP) is 2.04. The molecular weight excluding hydrogens is 242 g/mol. The average Bonchev–Trinajstić information content (AvgIpc) is 2.74. The van der Waals surface area contributed by atoms with E-state index in [1.54, 1.807) is 6.20 Å². The standard InChI is InChI=1S/C11H14ClN3O2/c12-9-5-13-6-10(15-9)14-4-7-2-1-3-8(7)11(16)17/h5-8H,1-4H2,(H,14,15)(H,16,17). The zero-order valence-electron chi connectivity index (χ0n) is 9.27. The molecule has 2 atom stereocenters. The fraction of sp³-hybridized carbons (Fsp3) is 0.545. The third-order valence-electron chi connectivity index (χ3n) is 3.13. The SMILES string of the molecule is O=C(O)C1CCCC1CNc1cncc(Cl)n1. The summed E-state index contributed by atoms with van der Waals surface area (Å²) in [5.41, 5.74) is 0. The van der Waals surface area contributed by atoms with Gasteiger partial charge in [-0.2, -0.15) is 0 Å². The second kappa shape index (κ2) is 5.31. The molecule has 1 aliphatic carbocycles. The fourth-order valence-corrected chi connectivity index (χ4v) is 2.42. The summed E-state index contributed by atoms with van der Waals surface area (Å²) in [4.78, 5) is 19.0. The van der Waals surface area contributed by atoms with Crippen molar-refractivity contribution in [3.8, 4) is 0 Å². The number of aromatic nitrogens is 2. The summed E-state index contributed by atoms with van der Waals surface area (Å²) in [5, 5.41) is 12.5. The van der Waals surface area contributed by atoms with Crippen molar-refractivity contribution in [2.45, 2.75) is 19.3 Å². The molecule has 0 aliphatic heterocycles. The maximum absolute atomic E-state index is 11.0. The number of rotatable bonds is 4. The van der Waals surface area contributed by atoms with Crippen LogP contribution in [0.5, 0.6) is 0 Å². The zero-order chi connectivity index (χ0) is 12.3. The van der Waals surface area contributed by atoms with Gasteiger partial charge >= 0.3 is 5.97 Å². The van der Waals surface area contributed by atoms with Gasteiger partial charge in [0.05, 0.1) is 18.3 Å². The first-order valence-corrected chi connectivity index (χ1v) is 5.99. The smallest absolute Gasteiger partial charge is 0.306 e. The maximum Gasteiger partial charge on any atom is 0.306 e. The van der Waals surface area contributed by atoms with E-state index in [0.29, 0.717) is 17.5 Å². The molecule has 1 saturated carbocycles. The number of aliphatic carboxylic acids is 1. The molecule has 92 valence electrons. The van der Waals surface area contributed by atoms with Crippen LogP contribution in [0.15, 0.2) is 12.4 Å². The molecule has 1 fully saturated rings. The highest BCUT2D eigenvalue weighted by Crippen LogP contribution is 2.31. The van der Waals surface area contributed by atoms with Crippen LogP contribution in [0, 0.1) is 11.8 Å². The number of halogens is 1. The number of nitrogens with one attached hydrogen (secondary N) is 1. The molecule has 0 aromatic carbocycles. The van der Waals surface area contributed by atoms with Gasteiger partial charge in [-0.1, -0.05) is 18.0 Å². The minimum absolute atomic E-state index is 0.160. The topological polar surface area (TPSA) is 75.1 Å². The average molecular weight is 256 g/mol. The molecule has 0 saturated heterocycles. The van der Waals surface area contributed by atoms with Crippen LogP contribution in [0.1, 0.15) is 19.3 Å². The molecule has 1 aromatic heterocycles. The van der Waals surface area contributed by atoms with Crippen molar-refractivity contribution in [3.63, 3.8) is 0 Å². The Morgan fingerprint density at radius 2 is 2.35 bits per heavy atom. The number of hydrogen-bond donors (Lipinski definition) is 2. The summed E-state index contributed by atoms with van der Waals surface area (Å²) in [6, 6.07) is 0. The number of nitrogens with zero attached hydrogens (tertiary/aromatic N) is 2. The molecule has 0 spiro atoms. The Bertz CT molecular complexity index is 413. The Labute approximate surface area is 104 Å². The first-order valence-electron chi connectivity index (χ1n) is 5.61. The Morgan fingerprint density at radius 1 is 1.53 bits per heavy atom. The third-order valence-corrected chi connectivity index (χ3v) is 3.31. The molecule has 0 bridgehead atoms. The lowest BCUT2D eigenvalue weighted by atomic mass is 9.96. The van der Waals surface area contributed by atoms with E-state index in [4.69, 9.17) is 16.7 Å². The monoisotopic (exact) mass is 255 g/mol. The van der Waals surface area contributed by atoms with E-state index in [9.17, 15) is 4.79 Å². The highest BCUT2D eigenvalue weighted by Gasteiger charge is 2.32. The first kappa shape index (κ1) is 12.1. The van der Waals surface area contributed by atoms with Gasteiger partial charge in [0.15, 0.2) is 0 Å². The molecule has 6 heteroatoms. The minimum atomic E-state index is -0.702. The van der Waals surface area contributed by atoms with Gasteiger partial charge in [-0.3, -0.25) is 9.78 Å². The van der Waals surface area contributed by atoms with Gasteiger partial charge in [-0.25, -0.2) is 4.98 Å². The first-order chi connectivity index (χ1) is 8.16. The van der Waals surface area contributed by atoms with E-state index in [0.717, 1.165) is 19.3 Å². The molecule has 2 N–H and O–H groups in total. The van der Waals surface area contributed by atoms with Crippen LogP contribution in [-0.4, -0.2) is 27.6 Å². The largest absolute Gasteiger partial charge is 0.481 e. The number of carbonyl (C=O) groups is 1. The van der Waals surface area contributed by atoms with Gasteiger partial charge < -0.3 is 10.4 Å². The van der Waals surface area contributed by atoms with Gasteiger partial charge in [-0.05, 0) is 18.8 Å². The van der Waals surface area contributed by atoms with Crippen LogP contribution in [0.3, 0.4) is 0 Å². The van der Waals surface area contributed by atoms with Gasteiger partial charge in [0.2, 0.25) is 0 Å². The van der Waals surface area contributed by atoms with E-state index in [1.807, 2.05) is 0 Å².